The van der Waals surface area contributed by atoms with Crippen LogP contribution in [0.15, 0.2) is 41.3 Å². The van der Waals surface area contributed by atoms with Crippen LogP contribution in [0.2, 0.25) is 0 Å². The molecule has 4 heteroatoms. The van der Waals surface area contributed by atoms with Gasteiger partial charge in [0.1, 0.15) is 0 Å². The molecule has 0 fully saturated rings. The van der Waals surface area contributed by atoms with Crippen molar-refractivity contribution in [3.05, 3.63) is 63.8 Å². The van der Waals surface area contributed by atoms with Gasteiger partial charge in [-0.3, -0.25) is 4.79 Å². The number of hydrogen-bond donors (Lipinski definition) is 0. The molecule has 0 aliphatic rings. The molecule has 0 spiro atoms. The molecule has 3 nitrogen and oxygen atoms in total. The molecule has 0 saturated carbocycles. The lowest BCUT2D eigenvalue weighted by Gasteiger charge is -2.09. The Labute approximate surface area is 104 Å². The number of benzene rings is 1. The molecular weight excluding hydrogens is 233 g/mol. The second kappa shape index (κ2) is 5.04. The highest BCUT2D eigenvalue weighted by atomic mass is 19.1. The number of halogens is 1. The molecule has 0 radical (unpaired) electrons. The number of hydrogen-bond acceptors (Lipinski definition) is 2. The molecule has 0 aliphatic carbocycles. The van der Waals surface area contributed by atoms with Gasteiger partial charge < -0.3 is 9.30 Å². The average molecular weight is 247 g/mol. The number of rotatable bonds is 3. The fourth-order valence-corrected chi connectivity index (χ4v) is 1.80. The van der Waals surface area contributed by atoms with E-state index >= 15 is 0 Å². The monoisotopic (exact) mass is 247 g/mol. The Bertz CT molecular complexity index is 619. The van der Waals surface area contributed by atoms with Gasteiger partial charge in [-0.2, -0.15) is 0 Å². The first-order chi connectivity index (χ1) is 8.63. The summed E-state index contributed by atoms with van der Waals surface area (Å²) in [5, 5.41) is 0. The molecule has 1 aromatic carbocycles. The van der Waals surface area contributed by atoms with E-state index in [1.165, 1.54) is 11.7 Å². The molecule has 0 N–H and O–H groups in total. The quantitative estimate of drug-likeness (QED) is 0.833. The molecule has 2 rings (SSSR count). The van der Waals surface area contributed by atoms with Gasteiger partial charge in [-0.25, -0.2) is 4.39 Å². The maximum Gasteiger partial charge on any atom is 0.253 e. The fourth-order valence-electron chi connectivity index (χ4n) is 1.80. The number of ether oxygens (including phenoxy) is 1. The van der Waals surface area contributed by atoms with E-state index < -0.39 is 5.82 Å². The standard InChI is InChI=1S/C14H14FNO2/c1-10-5-4-8-16(14(10)17)9-11-6-3-7-12(18-2)13(11)15/h3-8H,9H2,1-2H3. The topological polar surface area (TPSA) is 31.2 Å². The van der Waals surface area contributed by atoms with Crippen molar-refractivity contribution in [3.63, 3.8) is 0 Å². The van der Waals surface area contributed by atoms with Gasteiger partial charge in [0.15, 0.2) is 11.6 Å². The van der Waals surface area contributed by atoms with Gasteiger partial charge in [-0.05, 0) is 19.1 Å². The Hall–Kier alpha value is -2.10. The van der Waals surface area contributed by atoms with E-state index in [0.717, 1.165) is 0 Å². The lowest BCUT2D eigenvalue weighted by molar-refractivity contribution is 0.383. The van der Waals surface area contributed by atoms with E-state index in [1.807, 2.05) is 0 Å². The van der Waals surface area contributed by atoms with E-state index in [2.05, 4.69) is 0 Å². The van der Waals surface area contributed by atoms with Crippen LogP contribution in [0.1, 0.15) is 11.1 Å². The van der Waals surface area contributed by atoms with Crippen molar-refractivity contribution >= 4 is 0 Å². The molecule has 0 amide bonds. The van der Waals surface area contributed by atoms with E-state index in [4.69, 9.17) is 4.74 Å². The summed E-state index contributed by atoms with van der Waals surface area (Å²) in [7, 11) is 1.42. The summed E-state index contributed by atoms with van der Waals surface area (Å²) in [4.78, 5) is 11.8. The Morgan fingerprint density at radius 3 is 2.78 bits per heavy atom. The lowest BCUT2D eigenvalue weighted by Crippen LogP contribution is -2.22. The summed E-state index contributed by atoms with van der Waals surface area (Å²) >= 11 is 0. The van der Waals surface area contributed by atoms with Crippen LogP contribution in [0.4, 0.5) is 4.39 Å². The molecule has 2 aromatic rings. The Kier molecular flexibility index (Phi) is 3.46. The number of methoxy groups -OCH3 is 1. The van der Waals surface area contributed by atoms with E-state index in [-0.39, 0.29) is 17.9 Å². The lowest BCUT2D eigenvalue weighted by atomic mass is 10.2. The first-order valence-corrected chi connectivity index (χ1v) is 5.61. The van der Waals surface area contributed by atoms with Crippen LogP contribution in [0, 0.1) is 12.7 Å². The van der Waals surface area contributed by atoms with E-state index in [0.29, 0.717) is 11.1 Å². The summed E-state index contributed by atoms with van der Waals surface area (Å²) < 4.78 is 20.3. The van der Waals surface area contributed by atoms with Crippen LogP contribution >= 0.6 is 0 Å². The normalized spacial score (nSPS) is 10.4. The Morgan fingerprint density at radius 1 is 1.28 bits per heavy atom. The van der Waals surface area contributed by atoms with Crippen molar-refractivity contribution in [3.8, 4) is 5.75 Å². The zero-order chi connectivity index (χ0) is 13.1. The van der Waals surface area contributed by atoms with Gasteiger partial charge in [0.2, 0.25) is 0 Å². The largest absolute Gasteiger partial charge is 0.494 e. The van der Waals surface area contributed by atoms with Gasteiger partial charge in [-0.1, -0.05) is 18.2 Å². The van der Waals surface area contributed by atoms with Crippen molar-refractivity contribution in [2.75, 3.05) is 7.11 Å². The third-order valence-corrected chi connectivity index (χ3v) is 2.81. The third kappa shape index (κ3) is 2.27. The minimum atomic E-state index is -0.423. The van der Waals surface area contributed by atoms with Crippen LogP contribution in [-0.2, 0) is 6.54 Å². The number of pyridine rings is 1. The molecule has 1 heterocycles. The highest BCUT2D eigenvalue weighted by Crippen LogP contribution is 2.20. The highest BCUT2D eigenvalue weighted by Gasteiger charge is 2.09. The first kappa shape index (κ1) is 12.4. The van der Waals surface area contributed by atoms with Gasteiger partial charge >= 0.3 is 0 Å². The zero-order valence-corrected chi connectivity index (χ0v) is 10.3. The zero-order valence-electron chi connectivity index (χ0n) is 10.3. The van der Waals surface area contributed by atoms with Gasteiger partial charge in [0, 0.05) is 17.3 Å². The molecule has 0 saturated heterocycles. The number of nitrogens with zero attached hydrogens (tertiary/aromatic N) is 1. The predicted molar refractivity (Wildman–Crippen MR) is 67.5 cm³/mol. The van der Waals surface area contributed by atoms with Crippen LogP contribution < -0.4 is 10.3 Å². The smallest absolute Gasteiger partial charge is 0.253 e. The second-order valence-corrected chi connectivity index (χ2v) is 4.06. The third-order valence-electron chi connectivity index (χ3n) is 2.81. The van der Waals surface area contributed by atoms with Gasteiger partial charge in [0.25, 0.3) is 5.56 Å². The van der Waals surface area contributed by atoms with Crippen molar-refractivity contribution in [2.45, 2.75) is 13.5 Å². The molecule has 0 atom stereocenters. The number of aromatic nitrogens is 1. The molecule has 94 valence electrons. The van der Waals surface area contributed by atoms with Crippen LogP contribution in [0.25, 0.3) is 0 Å². The Morgan fingerprint density at radius 2 is 2.06 bits per heavy atom. The molecule has 1 aromatic heterocycles. The minimum absolute atomic E-state index is 0.111. The van der Waals surface area contributed by atoms with Crippen molar-refractivity contribution < 1.29 is 9.13 Å². The van der Waals surface area contributed by atoms with Crippen molar-refractivity contribution in [1.82, 2.24) is 4.57 Å². The first-order valence-electron chi connectivity index (χ1n) is 5.61. The predicted octanol–water partition coefficient (Wildman–Crippen LogP) is 2.35. The SMILES string of the molecule is COc1cccc(Cn2cccc(C)c2=O)c1F. The van der Waals surface area contributed by atoms with Crippen LogP contribution in [0.5, 0.6) is 5.75 Å². The van der Waals surface area contributed by atoms with E-state index in [1.54, 1.807) is 43.5 Å². The maximum atomic E-state index is 14.0. The summed E-state index contributed by atoms with van der Waals surface area (Å²) in [6, 6.07) is 8.41. The molecule has 0 aliphatic heterocycles. The van der Waals surface area contributed by atoms with Crippen LogP contribution in [-0.4, -0.2) is 11.7 Å². The van der Waals surface area contributed by atoms with E-state index in [9.17, 15) is 9.18 Å². The second-order valence-electron chi connectivity index (χ2n) is 4.06. The fraction of sp³-hybridized carbons (Fsp3) is 0.214. The molecule has 18 heavy (non-hydrogen) atoms. The summed E-state index contributed by atoms with van der Waals surface area (Å²) in [6.07, 6.45) is 1.65. The molecular formula is C14H14FNO2. The van der Waals surface area contributed by atoms with Gasteiger partial charge in [0.05, 0.1) is 13.7 Å². The minimum Gasteiger partial charge on any atom is -0.494 e. The summed E-state index contributed by atoms with van der Waals surface area (Å²) in [5.41, 5.74) is 0.961. The molecule has 0 bridgehead atoms. The summed E-state index contributed by atoms with van der Waals surface area (Å²) in [5.74, 6) is -0.235. The highest BCUT2D eigenvalue weighted by molar-refractivity contribution is 5.31. The van der Waals surface area contributed by atoms with Gasteiger partial charge in [-0.15, -0.1) is 0 Å². The average Bonchev–Trinajstić information content (AvgIpc) is 2.37. The summed E-state index contributed by atoms with van der Waals surface area (Å²) in [6.45, 7) is 1.93. The Balaban J connectivity index is 2.40. The van der Waals surface area contributed by atoms with Crippen molar-refractivity contribution in [1.29, 1.82) is 0 Å². The van der Waals surface area contributed by atoms with Crippen LogP contribution in [0.3, 0.4) is 0 Å². The van der Waals surface area contributed by atoms with Crippen molar-refractivity contribution in [2.24, 2.45) is 0 Å². The number of aryl methyl sites for hydroxylation is 1. The molecule has 0 unspecified atom stereocenters. The maximum absolute atomic E-state index is 14.0.